The van der Waals surface area contributed by atoms with Crippen LogP contribution in [0.2, 0.25) is 0 Å². The summed E-state index contributed by atoms with van der Waals surface area (Å²) >= 11 is 4.50. The van der Waals surface area contributed by atoms with E-state index in [9.17, 15) is 4.79 Å². The molecule has 8 heteroatoms. The van der Waals surface area contributed by atoms with Crippen LogP contribution in [0.1, 0.15) is 11.3 Å². The minimum atomic E-state index is -0.870. The summed E-state index contributed by atoms with van der Waals surface area (Å²) in [6.07, 6.45) is 1.50. The number of aliphatic carboxylic acids is 1. The number of hydrogen-bond donors (Lipinski definition) is 1. The standard InChI is InChI=1S/C12H9N3O2S3/c1-6-3-18-10-9(6)13-5-14-11(10)20-12-15-7(4-19-12)2-8(16)17/h3-5H,2H2,1H3,(H,16,17). The zero-order chi connectivity index (χ0) is 14.1. The number of carbonyl (C=O) groups is 1. The molecule has 0 aliphatic heterocycles. The number of hydrogen-bond acceptors (Lipinski definition) is 7. The Hall–Kier alpha value is -1.51. The normalized spacial score (nSPS) is 11.1. The Labute approximate surface area is 126 Å². The molecular formula is C12H9N3O2S3. The summed E-state index contributed by atoms with van der Waals surface area (Å²) in [5.41, 5.74) is 2.69. The molecule has 0 saturated carbocycles. The molecule has 0 radical (unpaired) electrons. The first-order valence-corrected chi connectivity index (χ1v) is 8.24. The van der Waals surface area contributed by atoms with Crippen LogP contribution in [0.5, 0.6) is 0 Å². The van der Waals surface area contributed by atoms with Crippen molar-refractivity contribution in [1.29, 1.82) is 0 Å². The van der Waals surface area contributed by atoms with Crippen LogP contribution in [0.25, 0.3) is 10.2 Å². The second kappa shape index (κ2) is 5.47. The van der Waals surface area contributed by atoms with E-state index in [0.717, 1.165) is 25.1 Å². The monoisotopic (exact) mass is 323 g/mol. The number of aryl methyl sites for hydroxylation is 1. The Bertz CT molecular complexity index is 781. The van der Waals surface area contributed by atoms with Crippen molar-refractivity contribution in [2.24, 2.45) is 0 Å². The molecule has 1 N–H and O–H groups in total. The van der Waals surface area contributed by atoms with Crippen LogP contribution >= 0.6 is 34.4 Å². The molecule has 20 heavy (non-hydrogen) atoms. The minimum absolute atomic E-state index is 0.0473. The Morgan fingerprint density at radius 2 is 2.20 bits per heavy atom. The lowest BCUT2D eigenvalue weighted by Crippen LogP contribution is -1.99. The number of fused-ring (bicyclic) bond motifs is 1. The smallest absolute Gasteiger partial charge is 0.309 e. The van der Waals surface area contributed by atoms with Crippen LogP contribution in [0.3, 0.4) is 0 Å². The number of rotatable bonds is 4. The topological polar surface area (TPSA) is 76.0 Å². The molecule has 0 aliphatic rings. The number of carboxylic acid groups (broad SMARTS) is 1. The molecule has 0 amide bonds. The molecule has 3 rings (SSSR count). The Morgan fingerprint density at radius 1 is 1.35 bits per heavy atom. The lowest BCUT2D eigenvalue weighted by atomic mass is 10.3. The largest absolute Gasteiger partial charge is 0.481 e. The van der Waals surface area contributed by atoms with Gasteiger partial charge in [-0.25, -0.2) is 15.0 Å². The van der Waals surface area contributed by atoms with E-state index >= 15 is 0 Å². The molecule has 5 nitrogen and oxygen atoms in total. The third kappa shape index (κ3) is 2.67. The molecule has 3 aromatic heterocycles. The summed E-state index contributed by atoms with van der Waals surface area (Å²) in [7, 11) is 0. The average molecular weight is 323 g/mol. The van der Waals surface area contributed by atoms with Crippen LogP contribution < -0.4 is 0 Å². The maximum atomic E-state index is 10.7. The van der Waals surface area contributed by atoms with Gasteiger partial charge < -0.3 is 5.11 Å². The molecular weight excluding hydrogens is 314 g/mol. The van der Waals surface area contributed by atoms with E-state index in [1.54, 1.807) is 23.0 Å². The summed E-state index contributed by atoms with van der Waals surface area (Å²) in [6.45, 7) is 2.02. The average Bonchev–Trinajstić information content (AvgIpc) is 2.98. The number of thiazole rings is 1. The highest BCUT2D eigenvalue weighted by Crippen LogP contribution is 2.36. The van der Waals surface area contributed by atoms with Crippen molar-refractivity contribution in [2.75, 3.05) is 0 Å². The van der Waals surface area contributed by atoms with Gasteiger partial charge in [0, 0.05) is 5.38 Å². The van der Waals surface area contributed by atoms with E-state index < -0.39 is 5.97 Å². The quantitative estimate of drug-likeness (QED) is 0.743. The molecule has 0 unspecified atom stereocenters. The zero-order valence-corrected chi connectivity index (χ0v) is 12.8. The Morgan fingerprint density at radius 3 is 3.00 bits per heavy atom. The molecule has 0 aromatic carbocycles. The SMILES string of the molecule is Cc1csc2c(Sc3nc(CC(=O)O)cs3)ncnc12. The van der Waals surface area contributed by atoms with Crippen LogP contribution in [-0.2, 0) is 11.2 Å². The zero-order valence-electron chi connectivity index (χ0n) is 10.4. The predicted molar refractivity (Wildman–Crippen MR) is 79.7 cm³/mol. The van der Waals surface area contributed by atoms with E-state index in [-0.39, 0.29) is 6.42 Å². The van der Waals surface area contributed by atoms with Gasteiger partial charge in [0.15, 0.2) is 4.34 Å². The second-order valence-corrected chi connectivity index (χ2v) is 7.03. The predicted octanol–water partition coefficient (Wildman–Crippen LogP) is 3.23. The van der Waals surface area contributed by atoms with Gasteiger partial charge in [-0.15, -0.1) is 22.7 Å². The van der Waals surface area contributed by atoms with Gasteiger partial charge in [-0.1, -0.05) is 0 Å². The summed E-state index contributed by atoms with van der Waals surface area (Å²) < 4.78 is 1.84. The summed E-state index contributed by atoms with van der Waals surface area (Å²) in [5.74, 6) is -0.870. The number of thiophene rings is 1. The molecule has 0 fully saturated rings. The maximum Gasteiger partial charge on any atom is 0.309 e. The third-order valence-corrected chi connectivity index (χ3v) is 5.76. The highest BCUT2D eigenvalue weighted by atomic mass is 32.2. The van der Waals surface area contributed by atoms with Crippen molar-refractivity contribution in [3.05, 3.63) is 28.3 Å². The molecule has 3 aromatic rings. The first kappa shape index (κ1) is 13.5. The van der Waals surface area contributed by atoms with Crippen molar-refractivity contribution >= 4 is 50.6 Å². The van der Waals surface area contributed by atoms with Crippen molar-refractivity contribution < 1.29 is 9.90 Å². The Balaban J connectivity index is 1.89. The molecule has 0 atom stereocenters. The molecule has 102 valence electrons. The first-order valence-electron chi connectivity index (χ1n) is 5.66. The highest BCUT2D eigenvalue weighted by Gasteiger charge is 2.12. The number of aromatic nitrogens is 3. The molecule has 3 heterocycles. The maximum absolute atomic E-state index is 10.7. The summed E-state index contributed by atoms with van der Waals surface area (Å²) in [5, 5.41) is 13.4. The third-order valence-electron chi connectivity index (χ3n) is 2.55. The van der Waals surface area contributed by atoms with E-state index in [1.165, 1.54) is 23.1 Å². The fourth-order valence-corrected chi connectivity index (χ4v) is 4.56. The van der Waals surface area contributed by atoms with Crippen molar-refractivity contribution in [2.45, 2.75) is 22.7 Å². The van der Waals surface area contributed by atoms with E-state index in [1.807, 2.05) is 6.92 Å². The van der Waals surface area contributed by atoms with E-state index in [0.29, 0.717) is 5.69 Å². The fourth-order valence-electron chi connectivity index (χ4n) is 1.67. The van der Waals surface area contributed by atoms with E-state index in [2.05, 4.69) is 20.3 Å². The summed E-state index contributed by atoms with van der Waals surface area (Å²) in [4.78, 5) is 23.5. The van der Waals surface area contributed by atoms with E-state index in [4.69, 9.17) is 5.11 Å². The lowest BCUT2D eigenvalue weighted by Gasteiger charge is -1.98. The number of nitrogens with zero attached hydrogens (tertiary/aromatic N) is 3. The summed E-state index contributed by atoms with van der Waals surface area (Å²) in [6, 6.07) is 0. The van der Waals surface area contributed by atoms with Gasteiger partial charge in [0.2, 0.25) is 0 Å². The molecule has 0 aliphatic carbocycles. The van der Waals surface area contributed by atoms with Crippen molar-refractivity contribution in [3.63, 3.8) is 0 Å². The van der Waals surface area contributed by atoms with Gasteiger partial charge in [0.1, 0.15) is 11.4 Å². The van der Waals surface area contributed by atoms with Gasteiger partial charge in [0.25, 0.3) is 0 Å². The lowest BCUT2D eigenvalue weighted by molar-refractivity contribution is -0.136. The molecule has 0 bridgehead atoms. The van der Waals surface area contributed by atoms with Crippen LogP contribution in [-0.4, -0.2) is 26.0 Å². The number of carboxylic acids is 1. The van der Waals surface area contributed by atoms with Gasteiger partial charge in [-0.2, -0.15) is 0 Å². The van der Waals surface area contributed by atoms with Gasteiger partial charge >= 0.3 is 5.97 Å². The second-order valence-electron chi connectivity index (χ2n) is 4.05. The van der Waals surface area contributed by atoms with Crippen LogP contribution in [0, 0.1) is 6.92 Å². The molecule has 0 saturated heterocycles. The van der Waals surface area contributed by atoms with Crippen molar-refractivity contribution in [3.8, 4) is 0 Å². The fraction of sp³-hybridized carbons (Fsp3) is 0.167. The van der Waals surface area contributed by atoms with Gasteiger partial charge in [-0.3, -0.25) is 4.79 Å². The Kier molecular flexibility index (Phi) is 3.68. The van der Waals surface area contributed by atoms with Crippen LogP contribution in [0.15, 0.2) is 26.5 Å². The molecule has 0 spiro atoms. The van der Waals surface area contributed by atoms with Gasteiger partial charge in [0.05, 0.1) is 22.3 Å². The highest BCUT2D eigenvalue weighted by molar-refractivity contribution is 8.01. The first-order chi connectivity index (χ1) is 9.63. The van der Waals surface area contributed by atoms with Gasteiger partial charge in [-0.05, 0) is 29.6 Å². The minimum Gasteiger partial charge on any atom is -0.481 e. The van der Waals surface area contributed by atoms with Crippen molar-refractivity contribution in [1.82, 2.24) is 15.0 Å². The van der Waals surface area contributed by atoms with Crippen LogP contribution in [0.4, 0.5) is 0 Å².